The van der Waals surface area contributed by atoms with E-state index in [0.717, 1.165) is 28.1 Å². The Bertz CT molecular complexity index is 1110. The summed E-state index contributed by atoms with van der Waals surface area (Å²) in [6.07, 6.45) is 2.37. The Kier molecular flexibility index (Phi) is 3.63. The zero-order chi connectivity index (χ0) is 17.4. The first-order chi connectivity index (χ1) is 12.2. The van der Waals surface area contributed by atoms with E-state index < -0.39 is 0 Å². The highest BCUT2D eigenvalue weighted by Crippen LogP contribution is 2.28. The summed E-state index contributed by atoms with van der Waals surface area (Å²) in [5.41, 5.74) is 11.9. The molecule has 8 heteroatoms. The van der Waals surface area contributed by atoms with Crippen LogP contribution in [0.4, 0.5) is 5.69 Å². The van der Waals surface area contributed by atoms with Crippen molar-refractivity contribution < 1.29 is 4.63 Å². The lowest BCUT2D eigenvalue weighted by Gasteiger charge is -2.09. The van der Waals surface area contributed by atoms with Crippen LogP contribution in [0.3, 0.4) is 0 Å². The van der Waals surface area contributed by atoms with Crippen LogP contribution in [0.5, 0.6) is 0 Å². The molecule has 0 amide bonds. The Hall–Kier alpha value is -3.31. The summed E-state index contributed by atoms with van der Waals surface area (Å²) in [5.74, 6) is 0. The summed E-state index contributed by atoms with van der Waals surface area (Å²) in [4.78, 5) is 9.52. The number of anilines is 1. The van der Waals surface area contributed by atoms with Gasteiger partial charge in [-0.05, 0) is 40.3 Å². The fourth-order valence-corrected chi connectivity index (χ4v) is 3.40. The van der Waals surface area contributed by atoms with Crippen LogP contribution < -0.4 is 5.73 Å². The lowest BCUT2D eigenvalue weighted by molar-refractivity contribution is 0.315. The molecule has 0 aromatic carbocycles. The highest BCUT2D eigenvalue weighted by Gasteiger charge is 2.15. The number of hydrogen-bond donors (Lipinski definition) is 1. The number of aryl methyl sites for hydroxylation is 1. The van der Waals surface area contributed by atoms with Crippen LogP contribution >= 0.6 is 11.3 Å². The van der Waals surface area contributed by atoms with E-state index in [2.05, 4.69) is 26.4 Å². The molecule has 0 aliphatic rings. The minimum Gasteiger partial charge on any atom is -0.396 e. The van der Waals surface area contributed by atoms with Gasteiger partial charge in [0.1, 0.15) is 10.9 Å². The Morgan fingerprint density at radius 2 is 2.16 bits per heavy atom. The molecule has 25 heavy (non-hydrogen) atoms. The molecule has 0 unspecified atom stereocenters. The fourth-order valence-electron chi connectivity index (χ4n) is 2.70. The largest absolute Gasteiger partial charge is 0.396 e. The van der Waals surface area contributed by atoms with E-state index in [1.807, 2.05) is 30.5 Å². The molecule has 0 bridgehead atoms. The molecular formula is C17H12N6OS. The van der Waals surface area contributed by atoms with E-state index >= 15 is 0 Å². The smallest absolute Gasteiger partial charge is 0.226 e. The van der Waals surface area contributed by atoms with Gasteiger partial charge in [-0.3, -0.25) is 4.98 Å². The van der Waals surface area contributed by atoms with Crippen molar-refractivity contribution in [3.8, 4) is 17.3 Å². The molecule has 4 heterocycles. The molecular weight excluding hydrogens is 336 g/mol. The Labute approximate surface area is 146 Å². The Balaban J connectivity index is 1.67. The third kappa shape index (κ3) is 2.60. The molecule has 0 saturated heterocycles. The quantitative estimate of drug-likeness (QED) is 0.605. The zero-order valence-electron chi connectivity index (χ0n) is 13.2. The first-order valence-corrected chi connectivity index (χ1v) is 8.35. The molecule has 0 saturated carbocycles. The van der Waals surface area contributed by atoms with Gasteiger partial charge in [0.2, 0.25) is 5.65 Å². The second kappa shape index (κ2) is 5.96. The number of nitrogen functional groups attached to an aromatic ring is 1. The molecule has 0 atom stereocenters. The molecule has 2 N–H and O–H groups in total. The van der Waals surface area contributed by atoms with E-state index in [4.69, 9.17) is 15.6 Å². The molecule has 0 radical (unpaired) electrons. The van der Waals surface area contributed by atoms with Gasteiger partial charge in [-0.15, -0.1) is 11.3 Å². The van der Waals surface area contributed by atoms with Crippen molar-refractivity contribution in [3.63, 3.8) is 0 Å². The van der Waals surface area contributed by atoms with Crippen molar-refractivity contribution in [3.05, 3.63) is 51.5 Å². The van der Waals surface area contributed by atoms with Crippen molar-refractivity contribution in [1.82, 2.24) is 20.3 Å². The second-order valence-electron chi connectivity index (χ2n) is 5.53. The minimum atomic E-state index is 0.411. The SMILES string of the molecule is Cc1nc2nonc2c(N)c1Cc1ccc(-c2ccsc2C#N)nc1. The number of rotatable bonds is 3. The van der Waals surface area contributed by atoms with Crippen LogP contribution in [0.2, 0.25) is 0 Å². The van der Waals surface area contributed by atoms with Gasteiger partial charge in [-0.1, -0.05) is 6.07 Å². The number of nitrogens with zero attached hydrogens (tertiary/aromatic N) is 5. The Morgan fingerprint density at radius 3 is 2.92 bits per heavy atom. The van der Waals surface area contributed by atoms with Gasteiger partial charge in [-0.2, -0.15) is 5.26 Å². The maximum absolute atomic E-state index is 9.14. The molecule has 0 aliphatic heterocycles. The molecule has 0 spiro atoms. The van der Waals surface area contributed by atoms with E-state index in [1.165, 1.54) is 11.3 Å². The van der Waals surface area contributed by atoms with E-state index in [-0.39, 0.29) is 0 Å². The number of hydrogen-bond acceptors (Lipinski definition) is 8. The zero-order valence-corrected chi connectivity index (χ0v) is 14.0. The number of thiophene rings is 1. The minimum absolute atomic E-state index is 0.411. The Morgan fingerprint density at radius 1 is 1.28 bits per heavy atom. The monoisotopic (exact) mass is 348 g/mol. The molecule has 0 fully saturated rings. The van der Waals surface area contributed by atoms with Crippen LogP contribution in [0.25, 0.3) is 22.4 Å². The maximum Gasteiger partial charge on any atom is 0.226 e. The molecule has 4 aromatic rings. The van der Waals surface area contributed by atoms with Gasteiger partial charge in [0, 0.05) is 29.4 Å². The highest BCUT2D eigenvalue weighted by atomic mass is 32.1. The summed E-state index contributed by atoms with van der Waals surface area (Å²) in [7, 11) is 0. The normalized spacial score (nSPS) is 10.9. The van der Waals surface area contributed by atoms with E-state index in [1.54, 1.807) is 6.20 Å². The van der Waals surface area contributed by atoms with Gasteiger partial charge < -0.3 is 5.73 Å². The van der Waals surface area contributed by atoms with Gasteiger partial charge in [0.15, 0.2) is 5.52 Å². The lowest BCUT2D eigenvalue weighted by Crippen LogP contribution is -2.03. The van der Waals surface area contributed by atoms with Crippen molar-refractivity contribution >= 4 is 28.2 Å². The van der Waals surface area contributed by atoms with Gasteiger partial charge in [0.25, 0.3) is 0 Å². The first-order valence-electron chi connectivity index (χ1n) is 7.47. The van der Waals surface area contributed by atoms with Crippen molar-refractivity contribution in [2.75, 3.05) is 5.73 Å². The van der Waals surface area contributed by atoms with Crippen molar-refractivity contribution in [1.29, 1.82) is 5.26 Å². The van der Waals surface area contributed by atoms with E-state index in [0.29, 0.717) is 28.1 Å². The third-order valence-electron chi connectivity index (χ3n) is 4.01. The summed E-state index contributed by atoms with van der Waals surface area (Å²) < 4.78 is 4.70. The highest BCUT2D eigenvalue weighted by molar-refractivity contribution is 7.11. The molecule has 122 valence electrons. The molecule has 7 nitrogen and oxygen atoms in total. The van der Waals surface area contributed by atoms with Crippen molar-refractivity contribution in [2.45, 2.75) is 13.3 Å². The van der Waals surface area contributed by atoms with Gasteiger partial charge in [-0.25, -0.2) is 9.61 Å². The number of fused-ring (bicyclic) bond motifs is 1. The molecule has 0 aliphatic carbocycles. The number of aromatic nitrogens is 4. The average molecular weight is 348 g/mol. The number of nitriles is 1. The van der Waals surface area contributed by atoms with Gasteiger partial charge in [0.05, 0.1) is 11.4 Å². The fraction of sp³-hybridized carbons (Fsp3) is 0.118. The van der Waals surface area contributed by atoms with Gasteiger partial charge >= 0.3 is 0 Å². The number of pyridine rings is 2. The van der Waals surface area contributed by atoms with Crippen molar-refractivity contribution in [2.24, 2.45) is 0 Å². The van der Waals surface area contributed by atoms with Crippen LogP contribution in [0, 0.1) is 18.3 Å². The molecule has 4 rings (SSSR count). The summed E-state index contributed by atoms with van der Waals surface area (Å²) in [6, 6.07) is 7.98. The molecule has 4 aromatic heterocycles. The van der Waals surface area contributed by atoms with Crippen LogP contribution in [-0.2, 0) is 6.42 Å². The summed E-state index contributed by atoms with van der Waals surface area (Å²) in [6.45, 7) is 1.88. The number of nitrogens with two attached hydrogens (primary N) is 1. The van der Waals surface area contributed by atoms with E-state index in [9.17, 15) is 0 Å². The first kappa shape index (κ1) is 15.2. The summed E-state index contributed by atoms with van der Waals surface area (Å²) in [5, 5.41) is 18.6. The predicted molar refractivity (Wildman–Crippen MR) is 93.8 cm³/mol. The standard InChI is InChI=1S/C17H12N6OS/c1-9-12(15(19)16-17(21-9)23-24-22-16)6-10-2-3-13(20-8-10)11-4-5-25-14(11)7-18/h2-5,8H,6,19H2,1H3. The second-order valence-corrected chi connectivity index (χ2v) is 6.45. The topological polar surface area (TPSA) is 115 Å². The van der Waals surface area contributed by atoms with Crippen LogP contribution in [-0.4, -0.2) is 20.3 Å². The van der Waals surface area contributed by atoms with Crippen LogP contribution in [0.1, 0.15) is 21.7 Å². The third-order valence-corrected chi connectivity index (χ3v) is 4.83. The summed E-state index contributed by atoms with van der Waals surface area (Å²) >= 11 is 1.41. The average Bonchev–Trinajstić information content (AvgIpc) is 3.28. The maximum atomic E-state index is 9.14. The van der Waals surface area contributed by atoms with Crippen LogP contribution in [0.15, 0.2) is 34.4 Å². The lowest BCUT2D eigenvalue weighted by atomic mass is 10.0. The predicted octanol–water partition coefficient (Wildman–Crippen LogP) is 3.09.